The zero-order chi connectivity index (χ0) is 19.6. The number of amides is 1. The van der Waals surface area contributed by atoms with Gasteiger partial charge in [0.15, 0.2) is 0 Å². The molecule has 0 aliphatic heterocycles. The summed E-state index contributed by atoms with van der Waals surface area (Å²) < 4.78 is 18.6. The summed E-state index contributed by atoms with van der Waals surface area (Å²) in [5, 5.41) is 11.2. The van der Waals surface area contributed by atoms with Crippen LogP contribution in [0.4, 0.5) is 10.1 Å². The number of rotatable bonds is 6. The van der Waals surface area contributed by atoms with Crippen LogP contribution in [-0.4, -0.2) is 34.9 Å². The van der Waals surface area contributed by atoms with Crippen molar-refractivity contribution in [3.05, 3.63) is 75.1 Å². The number of non-ortho nitro benzene ring substituents is 1. The highest BCUT2D eigenvalue weighted by Crippen LogP contribution is 2.31. The Morgan fingerprint density at radius 2 is 1.89 bits per heavy atom. The van der Waals surface area contributed by atoms with E-state index in [1.54, 1.807) is 18.2 Å². The van der Waals surface area contributed by atoms with Crippen LogP contribution in [0.2, 0.25) is 0 Å². The van der Waals surface area contributed by atoms with Gasteiger partial charge in [0.05, 0.1) is 17.6 Å². The van der Waals surface area contributed by atoms with Crippen molar-refractivity contribution in [3.8, 4) is 0 Å². The van der Waals surface area contributed by atoms with Crippen LogP contribution in [0.25, 0.3) is 0 Å². The molecule has 0 heterocycles. The molecule has 8 heteroatoms. The molecular formula is C19H17FN2O5. The molecule has 1 aliphatic carbocycles. The highest BCUT2D eigenvalue weighted by atomic mass is 19.1. The number of esters is 1. The summed E-state index contributed by atoms with van der Waals surface area (Å²) in [7, 11) is 1.15. The van der Waals surface area contributed by atoms with Crippen molar-refractivity contribution in [3.63, 3.8) is 0 Å². The Bertz CT molecular complexity index is 911. The van der Waals surface area contributed by atoms with Gasteiger partial charge in [-0.1, -0.05) is 18.2 Å². The van der Waals surface area contributed by atoms with Gasteiger partial charge in [-0.3, -0.25) is 14.9 Å². The number of ether oxygens (including phenoxy) is 1. The van der Waals surface area contributed by atoms with Crippen molar-refractivity contribution in [2.45, 2.75) is 25.4 Å². The quantitative estimate of drug-likeness (QED) is 0.441. The SMILES string of the molecule is COC(=O)c1cc(C(=O)N(Cc2ccccc2F)C2CC2)cc([N+](=O)[O-])c1. The molecule has 0 radical (unpaired) electrons. The van der Waals surface area contributed by atoms with Gasteiger partial charge in [-0.15, -0.1) is 0 Å². The van der Waals surface area contributed by atoms with E-state index in [0.29, 0.717) is 5.56 Å². The van der Waals surface area contributed by atoms with Crippen molar-refractivity contribution >= 4 is 17.6 Å². The predicted molar refractivity (Wildman–Crippen MR) is 93.7 cm³/mol. The van der Waals surface area contributed by atoms with Gasteiger partial charge in [-0.2, -0.15) is 0 Å². The molecule has 2 aromatic carbocycles. The molecule has 140 valence electrons. The summed E-state index contributed by atoms with van der Waals surface area (Å²) in [6.07, 6.45) is 1.55. The van der Waals surface area contributed by atoms with Crippen LogP contribution >= 0.6 is 0 Å². The van der Waals surface area contributed by atoms with Gasteiger partial charge in [0.1, 0.15) is 5.82 Å². The number of nitro groups is 1. The van der Waals surface area contributed by atoms with Crippen LogP contribution in [0.1, 0.15) is 39.1 Å². The first-order chi connectivity index (χ1) is 12.9. The molecule has 3 rings (SSSR count). The number of hydrogen-bond donors (Lipinski definition) is 0. The zero-order valence-electron chi connectivity index (χ0n) is 14.6. The van der Waals surface area contributed by atoms with Gasteiger partial charge in [0, 0.05) is 35.8 Å². The van der Waals surface area contributed by atoms with Crippen molar-refractivity contribution in [1.29, 1.82) is 0 Å². The monoisotopic (exact) mass is 372 g/mol. The minimum atomic E-state index is -0.778. The highest BCUT2D eigenvalue weighted by Gasteiger charge is 2.34. The van der Waals surface area contributed by atoms with Gasteiger partial charge in [0.25, 0.3) is 11.6 Å². The second-order valence-electron chi connectivity index (χ2n) is 6.27. The van der Waals surface area contributed by atoms with E-state index in [1.165, 1.54) is 17.0 Å². The van der Waals surface area contributed by atoms with Crippen molar-refractivity contribution in [2.75, 3.05) is 7.11 Å². The van der Waals surface area contributed by atoms with Crippen LogP contribution in [0, 0.1) is 15.9 Å². The predicted octanol–water partition coefficient (Wildman–Crippen LogP) is 3.33. The summed E-state index contributed by atoms with van der Waals surface area (Å²) >= 11 is 0. The van der Waals surface area contributed by atoms with Gasteiger partial charge in [-0.25, -0.2) is 9.18 Å². The normalized spacial score (nSPS) is 13.1. The lowest BCUT2D eigenvalue weighted by atomic mass is 10.1. The molecule has 0 spiro atoms. The molecule has 1 fully saturated rings. The Hall–Kier alpha value is -3.29. The molecule has 0 atom stereocenters. The van der Waals surface area contributed by atoms with Crippen molar-refractivity contribution in [2.24, 2.45) is 0 Å². The van der Waals surface area contributed by atoms with E-state index in [4.69, 9.17) is 0 Å². The van der Waals surface area contributed by atoms with Gasteiger partial charge in [0.2, 0.25) is 0 Å². The Balaban J connectivity index is 1.96. The van der Waals surface area contributed by atoms with E-state index < -0.39 is 22.6 Å². The summed E-state index contributed by atoms with van der Waals surface area (Å²) in [5.41, 5.74) is -0.121. The summed E-state index contributed by atoms with van der Waals surface area (Å²) in [4.78, 5) is 36.8. The Kier molecular flexibility index (Phi) is 5.16. The number of hydrogen-bond acceptors (Lipinski definition) is 5. The van der Waals surface area contributed by atoms with Crippen LogP contribution in [-0.2, 0) is 11.3 Å². The first-order valence-corrected chi connectivity index (χ1v) is 8.33. The summed E-state index contributed by atoms with van der Waals surface area (Å²) in [5.74, 6) is -1.69. The highest BCUT2D eigenvalue weighted by molar-refractivity contribution is 5.99. The Morgan fingerprint density at radius 3 is 2.48 bits per heavy atom. The molecular weight excluding hydrogens is 355 g/mol. The maximum Gasteiger partial charge on any atom is 0.338 e. The van der Waals surface area contributed by atoms with Gasteiger partial charge < -0.3 is 9.64 Å². The number of nitro benzene ring substituents is 1. The molecule has 0 aromatic heterocycles. The summed E-state index contributed by atoms with van der Waals surface area (Å²) in [6.45, 7) is 0.0480. The third-order valence-electron chi connectivity index (χ3n) is 4.34. The molecule has 7 nitrogen and oxygen atoms in total. The Morgan fingerprint density at radius 1 is 1.22 bits per heavy atom. The fraction of sp³-hybridized carbons (Fsp3) is 0.263. The van der Waals surface area contributed by atoms with Gasteiger partial charge in [-0.05, 0) is 25.0 Å². The number of nitrogens with zero attached hydrogens (tertiary/aromatic N) is 2. The van der Waals surface area contributed by atoms with Crippen molar-refractivity contribution in [1.82, 2.24) is 4.90 Å². The second-order valence-corrected chi connectivity index (χ2v) is 6.27. The van der Waals surface area contributed by atoms with Gasteiger partial charge >= 0.3 is 5.97 Å². The van der Waals surface area contributed by atoms with Crippen molar-refractivity contribution < 1.29 is 23.6 Å². The molecule has 1 saturated carbocycles. The smallest absolute Gasteiger partial charge is 0.338 e. The van der Waals surface area contributed by atoms with Crippen LogP contribution < -0.4 is 0 Å². The lowest BCUT2D eigenvalue weighted by molar-refractivity contribution is -0.384. The molecule has 0 N–H and O–H groups in total. The van der Waals surface area contributed by atoms with E-state index >= 15 is 0 Å². The summed E-state index contributed by atoms with van der Waals surface area (Å²) in [6, 6.07) is 9.52. The van der Waals surface area contributed by atoms with E-state index in [0.717, 1.165) is 32.1 Å². The largest absolute Gasteiger partial charge is 0.465 e. The second kappa shape index (κ2) is 7.53. The van der Waals surface area contributed by atoms with E-state index in [2.05, 4.69) is 4.74 Å². The molecule has 1 amide bonds. The number of methoxy groups -OCH3 is 1. The molecule has 2 aromatic rings. The van der Waals surface area contributed by atoms with Crippen LogP contribution in [0.15, 0.2) is 42.5 Å². The van der Waals surface area contributed by atoms with Crippen LogP contribution in [0.5, 0.6) is 0 Å². The maximum atomic E-state index is 14.0. The third-order valence-corrected chi connectivity index (χ3v) is 4.34. The molecule has 27 heavy (non-hydrogen) atoms. The van der Waals surface area contributed by atoms with E-state index in [1.807, 2.05) is 0 Å². The molecule has 1 aliphatic rings. The number of carbonyl (C=O) groups is 2. The topological polar surface area (TPSA) is 89.8 Å². The average molecular weight is 372 g/mol. The molecule has 0 bridgehead atoms. The molecule has 0 unspecified atom stereocenters. The maximum absolute atomic E-state index is 14.0. The first-order valence-electron chi connectivity index (χ1n) is 8.33. The third kappa shape index (κ3) is 4.11. The zero-order valence-corrected chi connectivity index (χ0v) is 14.6. The lowest BCUT2D eigenvalue weighted by Crippen LogP contribution is -2.33. The van der Waals surface area contributed by atoms with Crippen LogP contribution in [0.3, 0.4) is 0 Å². The number of carbonyl (C=O) groups excluding carboxylic acids is 2. The lowest BCUT2D eigenvalue weighted by Gasteiger charge is -2.23. The van der Waals surface area contributed by atoms with E-state index in [9.17, 15) is 24.1 Å². The van der Waals surface area contributed by atoms with E-state index in [-0.39, 0.29) is 29.4 Å². The fourth-order valence-corrected chi connectivity index (χ4v) is 2.80. The minimum Gasteiger partial charge on any atom is -0.465 e. The number of benzene rings is 2. The minimum absolute atomic E-state index is 0.00663. The Labute approximate surface area is 154 Å². The fourth-order valence-electron chi connectivity index (χ4n) is 2.80. The average Bonchev–Trinajstić information content (AvgIpc) is 3.50. The standard InChI is InChI=1S/C19H17FN2O5/c1-27-19(24)14-8-13(9-16(10-14)22(25)26)18(23)21(15-6-7-15)11-12-4-2-3-5-17(12)20/h2-5,8-10,15H,6-7,11H2,1H3. The first kappa shape index (κ1) is 18.5. The number of halogens is 1. The molecule has 0 saturated heterocycles.